The number of piperazine rings is 1. The molecule has 0 N–H and O–H groups in total. The number of benzene rings is 2. The number of Topliss-reactive ketones (excluding diaryl/α,β-unsaturated/α-hetero) is 1. The van der Waals surface area contributed by atoms with Crippen molar-refractivity contribution in [2.24, 2.45) is 0 Å². The number of aryl methyl sites for hydroxylation is 1. The molecule has 1 fully saturated rings. The van der Waals surface area contributed by atoms with Crippen molar-refractivity contribution in [3.05, 3.63) is 65.2 Å². The summed E-state index contributed by atoms with van der Waals surface area (Å²) in [5.74, 6) is 0.305. The number of fused-ring (bicyclic) bond motifs is 1. The van der Waals surface area contributed by atoms with Crippen LogP contribution in [0.4, 0.5) is 5.69 Å². The van der Waals surface area contributed by atoms with Crippen molar-refractivity contribution in [1.82, 2.24) is 4.90 Å². The van der Waals surface area contributed by atoms with Crippen molar-refractivity contribution in [1.29, 1.82) is 0 Å². The van der Waals surface area contributed by atoms with Crippen molar-refractivity contribution in [2.75, 3.05) is 31.1 Å². The molecular formula is C20H22N2O. The van der Waals surface area contributed by atoms with E-state index in [1.165, 1.54) is 16.8 Å². The molecule has 0 unspecified atom stereocenters. The molecule has 0 atom stereocenters. The van der Waals surface area contributed by atoms with E-state index in [0.29, 0.717) is 12.2 Å². The number of nitrogens with zero attached hydrogens (tertiary/aromatic N) is 2. The van der Waals surface area contributed by atoms with Gasteiger partial charge in [-0.15, -0.1) is 0 Å². The van der Waals surface area contributed by atoms with Gasteiger partial charge in [0.2, 0.25) is 0 Å². The van der Waals surface area contributed by atoms with Gasteiger partial charge in [0.15, 0.2) is 5.78 Å². The van der Waals surface area contributed by atoms with E-state index < -0.39 is 0 Å². The normalized spacial score (nSPS) is 18.3. The summed E-state index contributed by atoms with van der Waals surface area (Å²) in [6.07, 6.45) is 1.60. The number of anilines is 1. The first-order chi connectivity index (χ1) is 11.3. The number of ketones is 1. The van der Waals surface area contributed by atoms with E-state index in [2.05, 4.69) is 52.3 Å². The maximum absolute atomic E-state index is 11.7. The highest BCUT2D eigenvalue weighted by molar-refractivity contribution is 6.00. The second kappa shape index (κ2) is 6.17. The van der Waals surface area contributed by atoms with Crippen LogP contribution in [0.3, 0.4) is 0 Å². The Morgan fingerprint density at radius 3 is 2.43 bits per heavy atom. The van der Waals surface area contributed by atoms with Crippen LogP contribution in [-0.2, 0) is 13.0 Å². The molecule has 0 aromatic heterocycles. The van der Waals surface area contributed by atoms with E-state index in [4.69, 9.17) is 0 Å². The number of hydrogen-bond donors (Lipinski definition) is 0. The van der Waals surface area contributed by atoms with E-state index in [0.717, 1.165) is 44.7 Å². The zero-order valence-corrected chi connectivity index (χ0v) is 13.4. The van der Waals surface area contributed by atoms with E-state index in [1.807, 2.05) is 6.07 Å². The average molecular weight is 306 g/mol. The van der Waals surface area contributed by atoms with Crippen LogP contribution in [0.25, 0.3) is 0 Å². The van der Waals surface area contributed by atoms with Gasteiger partial charge < -0.3 is 4.90 Å². The summed E-state index contributed by atoms with van der Waals surface area (Å²) in [7, 11) is 0. The maximum atomic E-state index is 11.7. The lowest BCUT2D eigenvalue weighted by Gasteiger charge is -2.36. The summed E-state index contributed by atoms with van der Waals surface area (Å²) in [6.45, 7) is 5.32. The molecule has 1 heterocycles. The highest BCUT2D eigenvalue weighted by atomic mass is 16.1. The number of carbonyl (C=O) groups is 1. The fourth-order valence-electron chi connectivity index (χ4n) is 3.64. The number of carbonyl (C=O) groups excluding carboxylic acids is 1. The summed E-state index contributed by atoms with van der Waals surface area (Å²) < 4.78 is 0. The monoisotopic (exact) mass is 306 g/mol. The average Bonchev–Trinajstić information content (AvgIpc) is 2.97. The standard InChI is InChI=1S/C20H22N2O/c23-20-9-6-17-14-18(7-8-19(17)20)22-12-10-21(11-13-22)15-16-4-2-1-3-5-16/h1-5,7-8,14H,6,9-13,15H2. The highest BCUT2D eigenvalue weighted by Gasteiger charge is 2.22. The van der Waals surface area contributed by atoms with Gasteiger partial charge in [-0.1, -0.05) is 30.3 Å². The first kappa shape index (κ1) is 14.5. The molecule has 4 rings (SSSR count). The molecule has 3 nitrogen and oxygen atoms in total. The minimum atomic E-state index is 0.305. The van der Waals surface area contributed by atoms with Crippen molar-refractivity contribution in [3.63, 3.8) is 0 Å². The van der Waals surface area contributed by atoms with Gasteiger partial charge in [-0.05, 0) is 35.7 Å². The summed E-state index contributed by atoms with van der Waals surface area (Å²) in [6, 6.07) is 17.1. The molecule has 2 aromatic rings. The SMILES string of the molecule is O=C1CCc2cc(N3CCN(Cc4ccccc4)CC3)ccc21. The zero-order chi connectivity index (χ0) is 15.6. The van der Waals surface area contributed by atoms with Crippen LogP contribution in [0.1, 0.15) is 27.9 Å². The predicted octanol–water partition coefficient (Wildman–Crippen LogP) is 3.14. The Balaban J connectivity index is 1.39. The number of rotatable bonds is 3. The topological polar surface area (TPSA) is 23.6 Å². The summed E-state index contributed by atoms with van der Waals surface area (Å²) in [4.78, 5) is 16.7. The quantitative estimate of drug-likeness (QED) is 0.870. The molecule has 0 bridgehead atoms. The Kier molecular flexibility index (Phi) is 3.88. The Bertz CT molecular complexity index is 703. The van der Waals surface area contributed by atoms with Crippen LogP contribution in [0.5, 0.6) is 0 Å². The molecule has 1 aliphatic heterocycles. The molecule has 0 spiro atoms. The largest absolute Gasteiger partial charge is 0.369 e. The molecule has 0 radical (unpaired) electrons. The third-order valence-corrected chi connectivity index (χ3v) is 5.00. The van der Waals surface area contributed by atoms with E-state index in [-0.39, 0.29) is 0 Å². The number of hydrogen-bond acceptors (Lipinski definition) is 3. The van der Waals surface area contributed by atoms with Gasteiger partial charge in [0.25, 0.3) is 0 Å². The molecule has 23 heavy (non-hydrogen) atoms. The minimum absolute atomic E-state index is 0.305. The van der Waals surface area contributed by atoms with Gasteiger partial charge in [-0.25, -0.2) is 0 Å². The van der Waals surface area contributed by atoms with Crippen LogP contribution < -0.4 is 4.90 Å². The fourth-order valence-corrected chi connectivity index (χ4v) is 3.64. The van der Waals surface area contributed by atoms with Gasteiger partial charge >= 0.3 is 0 Å². The lowest BCUT2D eigenvalue weighted by atomic mass is 10.1. The van der Waals surface area contributed by atoms with Crippen LogP contribution in [0.2, 0.25) is 0 Å². The first-order valence-corrected chi connectivity index (χ1v) is 8.47. The summed E-state index contributed by atoms with van der Waals surface area (Å²) in [5, 5.41) is 0. The van der Waals surface area contributed by atoms with E-state index >= 15 is 0 Å². The smallest absolute Gasteiger partial charge is 0.163 e. The van der Waals surface area contributed by atoms with Gasteiger partial charge in [-0.3, -0.25) is 9.69 Å². The molecular weight excluding hydrogens is 284 g/mol. The van der Waals surface area contributed by atoms with Crippen LogP contribution in [0.15, 0.2) is 48.5 Å². The zero-order valence-electron chi connectivity index (χ0n) is 13.4. The van der Waals surface area contributed by atoms with Gasteiger partial charge in [0.05, 0.1) is 0 Å². The van der Waals surface area contributed by atoms with Crippen molar-refractivity contribution in [2.45, 2.75) is 19.4 Å². The van der Waals surface area contributed by atoms with Gasteiger partial charge in [0, 0.05) is 50.4 Å². The molecule has 118 valence electrons. The predicted molar refractivity (Wildman–Crippen MR) is 93.0 cm³/mol. The van der Waals surface area contributed by atoms with Crippen molar-refractivity contribution >= 4 is 11.5 Å². The van der Waals surface area contributed by atoms with Gasteiger partial charge in [0.1, 0.15) is 0 Å². The summed E-state index contributed by atoms with van der Waals surface area (Å²) in [5.41, 5.74) is 4.84. The van der Waals surface area contributed by atoms with Crippen LogP contribution in [-0.4, -0.2) is 36.9 Å². The van der Waals surface area contributed by atoms with Crippen LogP contribution in [0, 0.1) is 0 Å². The van der Waals surface area contributed by atoms with Crippen molar-refractivity contribution < 1.29 is 4.79 Å². The molecule has 0 amide bonds. The summed E-state index contributed by atoms with van der Waals surface area (Å²) >= 11 is 0. The van der Waals surface area contributed by atoms with Crippen LogP contribution >= 0.6 is 0 Å². The second-order valence-electron chi connectivity index (χ2n) is 6.51. The first-order valence-electron chi connectivity index (χ1n) is 8.47. The van der Waals surface area contributed by atoms with Gasteiger partial charge in [-0.2, -0.15) is 0 Å². The highest BCUT2D eigenvalue weighted by Crippen LogP contribution is 2.27. The fraction of sp³-hybridized carbons (Fsp3) is 0.350. The van der Waals surface area contributed by atoms with Crippen molar-refractivity contribution in [3.8, 4) is 0 Å². The van der Waals surface area contributed by atoms with E-state index in [9.17, 15) is 4.79 Å². The molecule has 3 heteroatoms. The second-order valence-corrected chi connectivity index (χ2v) is 6.51. The Hall–Kier alpha value is -2.13. The third-order valence-electron chi connectivity index (χ3n) is 5.00. The molecule has 1 aliphatic carbocycles. The maximum Gasteiger partial charge on any atom is 0.163 e. The Morgan fingerprint density at radius 2 is 1.65 bits per heavy atom. The Labute approximate surface area is 137 Å². The third kappa shape index (κ3) is 3.02. The Morgan fingerprint density at radius 1 is 0.870 bits per heavy atom. The minimum Gasteiger partial charge on any atom is -0.369 e. The molecule has 0 saturated carbocycles. The molecule has 2 aromatic carbocycles. The molecule has 2 aliphatic rings. The lowest BCUT2D eigenvalue weighted by molar-refractivity contribution is 0.0994. The lowest BCUT2D eigenvalue weighted by Crippen LogP contribution is -2.46. The molecule has 1 saturated heterocycles. The van der Waals surface area contributed by atoms with E-state index in [1.54, 1.807) is 0 Å².